The zero-order valence-electron chi connectivity index (χ0n) is 9.92. The number of methoxy groups -OCH3 is 2. The minimum absolute atomic E-state index is 0.313. The molecule has 90 valence electrons. The number of anilines is 1. The van der Waals surface area contributed by atoms with Crippen molar-refractivity contribution in [3.63, 3.8) is 0 Å². The minimum Gasteiger partial charge on any atom is -0.497 e. The Kier molecular flexibility index (Phi) is 5.63. The van der Waals surface area contributed by atoms with E-state index in [0.717, 1.165) is 22.3 Å². The van der Waals surface area contributed by atoms with Crippen LogP contribution in [0.25, 0.3) is 0 Å². The third kappa shape index (κ3) is 3.68. The molecule has 0 amide bonds. The Morgan fingerprint density at radius 2 is 2.12 bits per heavy atom. The molecule has 3 nitrogen and oxygen atoms in total. The van der Waals surface area contributed by atoms with Crippen molar-refractivity contribution in [1.29, 1.82) is 0 Å². The highest BCUT2D eigenvalue weighted by atomic mass is 79.9. The number of nitrogens with one attached hydrogen (secondary N) is 1. The minimum atomic E-state index is 0.313. The summed E-state index contributed by atoms with van der Waals surface area (Å²) in [6.07, 6.45) is 1.01. The van der Waals surface area contributed by atoms with E-state index in [1.165, 1.54) is 0 Å². The molecule has 0 saturated carbocycles. The van der Waals surface area contributed by atoms with Gasteiger partial charge in [-0.3, -0.25) is 0 Å². The molecule has 0 aromatic heterocycles. The van der Waals surface area contributed by atoms with Gasteiger partial charge in [0.1, 0.15) is 5.75 Å². The lowest BCUT2D eigenvalue weighted by Gasteiger charge is -2.18. The fraction of sp³-hybridized carbons (Fsp3) is 0.500. The van der Waals surface area contributed by atoms with Crippen LogP contribution < -0.4 is 10.1 Å². The predicted octanol–water partition coefficient (Wildman–Crippen LogP) is 3.29. The summed E-state index contributed by atoms with van der Waals surface area (Å²) in [6, 6.07) is 6.18. The van der Waals surface area contributed by atoms with Gasteiger partial charge in [-0.25, -0.2) is 0 Å². The fourth-order valence-electron chi connectivity index (χ4n) is 1.42. The first-order valence-electron chi connectivity index (χ1n) is 5.30. The smallest absolute Gasteiger partial charge is 0.121 e. The molecule has 4 heteroatoms. The summed E-state index contributed by atoms with van der Waals surface area (Å²) < 4.78 is 11.4. The molecular formula is C12H18BrNO2. The van der Waals surface area contributed by atoms with Crippen molar-refractivity contribution in [2.75, 3.05) is 26.1 Å². The predicted molar refractivity (Wildman–Crippen MR) is 70.3 cm³/mol. The van der Waals surface area contributed by atoms with Crippen LogP contribution in [0.15, 0.2) is 22.7 Å². The number of halogens is 1. The average molecular weight is 288 g/mol. The van der Waals surface area contributed by atoms with Gasteiger partial charge in [0.05, 0.1) is 19.4 Å². The van der Waals surface area contributed by atoms with E-state index in [9.17, 15) is 0 Å². The Balaban J connectivity index is 2.77. The lowest BCUT2D eigenvalue weighted by Crippen LogP contribution is -2.24. The Hall–Kier alpha value is -0.740. The van der Waals surface area contributed by atoms with Gasteiger partial charge in [-0.15, -0.1) is 0 Å². The molecule has 1 aromatic carbocycles. The van der Waals surface area contributed by atoms with Crippen molar-refractivity contribution in [1.82, 2.24) is 0 Å². The highest BCUT2D eigenvalue weighted by Crippen LogP contribution is 2.27. The van der Waals surface area contributed by atoms with Gasteiger partial charge in [-0.05, 0) is 34.5 Å². The number of rotatable bonds is 6. The number of hydrogen-bond acceptors (Lipinski definition) is 3. The lowest BCUT2D eigenvalue weighted by molar-refractivity contribution is 0.184. The topological polar surface area (TPSA) is 30.5 Å². The van der Waals surface area contributed by atoms with E-state index < -0.39 is 0 Å². The second-order valence-corrected chi connectivity index (χ2v) is 4.40. The van der Waals surface area contributed by atoms with Crippen molar-refractivity contribution in [2.45, 2.75) is 19.4 Å². The first kappa shape index (κ1) is 13.3. The van der Waals surface area contributed by atoms with E-state index >= 15 is 0 Å². The molecule has 0 aliphatic carbocycles. The number of benzene rings is 1. The Morgan fingerprint density at radius 3 is 2.69 bits per heavy atom. The van der Waals surface area contributed by atoms with Crippen molar-refractivity contribution in [3.05, 3.63) is 22.7 Å². The molecule has 0 aliphatic heterocycles. The van der Waals surface area contributed by atoms with E-state index in [2.05, 4.69) is 28.2 Å². The highest BCUT2D eigenvalue weighted by Gasteiger charge is 2.08. The standard InChI is InChI=1S/C12H18BrNO2/c1-4-9(8-15-2)14-12-7-10(16-3)5-6-11(12)13/h5-7,9,14H,4,8H2,1-3H3. The maximum absolute atomic E-state index is 5.19. The van der Waals surface area contributed by atoms with E-state index in [1.807, 2.05) is 18.2 Å². The second-order valence-electron chi connectivity index (χ2n) is 3.55. The van der Waals surface area contributed by atoms with Gasteiger partial charge in [0.2, 0.25) is 0 Å². The largest absolute Gasteiger partial charge is 0.497 e. The molecule has 1 unspecified atom stereocenters. The SMILES string of the molecule is CCC(COC)Nc1cc(OC)ccc1Br. The molecule has 0 saturated heterocycles. The molecule has 1 rings (SSSR count). The Labute approximate surface area is 105 Å². The van der Waals surface area contributed by atoms with Crippen LogP contribution in [0.1, 0.15) is 13.3 Å². The van der Waals surface area contributed by atoms with E-state index in [0.29, 0.717) is 12.6 Å². The van der Waals surface area contributed by atoms with Crippen molar-refractivity contribution < 1.29 is 9.47 Å². The van der Waals surface area contributed by atoms with Crippen LogP contribution in [0.2, 0.25) is 0 Å². The molecular weight excluding hydrogens is 270 g/mol. The molecule has 16 heavy (non-hydrogen) atoms. The van der Waals surface area contributed by atoms with E-state index in [1.54, 1.807) is 14.2 Å². The van der Waals surface area contributed by atoms with Crippen LogP contribution >= 0.6 is 15.9 Å². The van der Waals surface area contributed by atoms with Crippen LogP contribution in [0, 0.1) is 0 Å². The van der Waals surface area contributed by atoms with Gasteiger partial charge in [-0.2, -0.15) is 0 Å². The molecule has 0 fully saturated rings. The Bertz CT molecular complexity index is 331. The highest BCUT2D eigenvalue weighted by molar-refractivity contribution is 9.10. The monoisotopic (exact) mass is 287 g/mol. The van der Waals surface area contributed by atoms with Crippen LogP contribution in [-0.4, -0.2) is 26.9 Å². The normalized spacial score (nSPS) is 12.2. The fourth-order valence-corrected chi connectivity index (χ4v) is 1.79. The van der Waals surface area contributed by atoms with Gasteiger partial charge in [0.15, 0.2) is 0 Å². The first-order valence-corrected chi connectivity index (χ1v) is 6.09. The van der Waals surface area contributed by atoms with Gasteiger partial charge < -0.3 is 14.8 Å². The van der Waals surface area contributed by atoms with Crippen LogP contribution in [0.4, 0.5) is 5.69 Å². The Morgan fingerprint density at radius 1 is 1.38 bits per heavy atom. The van der Waals surface area contributed by atoms with Gasteiger partial charge in [0, 0.05) is 23.7 Å². The number of hydrogen-bond donors (Lipinski definition) is 1. The maximum Gasteiger partial charge on any atom is 0.121 e. The summed E-state index contributed by atoms with van der Waals surface area (Å²) in [6.45, 7) is 2.82. The summed E-state index contributed by atoms with van der Waals surface area (Å²) in [5, 5.41) is 3.42. The third-order valence-corrected chi connectivity index (χ3v) is 3.09. The molecule has 0 heterocycles. The van der Waals surface area contributed by atoms with Crippen molar-refractivity contribution in [2.24, 2.45) is 0 Å². The van der Waals surface area contributed by atoms with Crippen LogP contribution in [0.3, 0.4) is 0 Å². The molecule has 0 spiro atoms. The second kappa shape index (κ2) is 6.76. The molecule has 1 N–H and O–H groups in total. The quantitative estimate of drug-likeness (QED) is 0.871. The first-order chi connectivity index (χ1) is 7.71. The molecule has 1 atom stereocenters. The van der Waals surface area contributed by atoms with Gasteiger partial charge in [-0.1, -0.05) is 6.92 Å². The maximum atomic E-state index is 5.19. The van der Waals surface area contributed by atoms with Crippen molar-refractivity contribution >= 4 is 21.6 Å². The summed E-state index contributed by atoms with van der Waals surface area (Å²) in [5.41, 5.74) is 1.03. The van der Waals surface area contributed by atoms with Gasteiger partial charge in [0.25, 0.3) is 0 Å². The lowest BCUT2D eigenvalue weighted by atomic mass is 10.2. The van der Waals surface area contributed by atoms with Crippen LogP contribution in [0.5, 0.6) is 5.75 Å². The molecule has 0 bridgehead atoms. The van der Waals surface area contributed by atoms with E-state index in [4.69, 9.17) is 9.47 Å². The number of ether oxygens (including phenoxy) is 2. The van der Waals surface area contributed by atoms with Gasteiger partial charge >= 0.3 is 0 Å². The van der Waals surface area contributed by atoms with Crippen molar-refractivity contribution in [3.8, 4) is 5.75 Å². The summed E-state index contributed by atoms with van der Waals surface area (Å²) >= 11 is 3.51. The molecule has 0 radical (unpaired) electrons. The summed E-state index contributed by atoms with van der Waals surface area (Å²) in [7, 11) is 3.38. The summed E-state index contributed by atoms with van der Waals surface area (Å²) in [5.74, 6) is 0.845. The zero-order chi connectivity index (χ0) is 12.0. The van der Waals surface area contributed by atoms with Crippen LogP contribution in [-0.2, 0) is 4.74 Å². The zero-order valence-corrected chi connectivity index (χ0v) is 11.5. The van der Waals surface area contributed by atoms with E-state index in [-0.39, 0.29) is 0 Å². The average Bonchev–Trinajstić information content (AvgIpc) is 2.31. The molecule has 0 aliphatic rings. The third-order valence-electron chi connectivity index (χ3n) is 2.39. The summed E-state index contributed by atoms with van der Waals surface area (Å²) in [4.78, 5) is 0. The molecule has 1 aromatic rings.